The van der Waals surface area contributed by atoms with Crippen molar-refractivity contribution < 1.29 is 19.5 Å². The van der Waals surface area contributed by atoms with Gasteiger partial charge in [-0.05, 0) is 25.7 Å². The highest BCUT2D eigenvalue weighted by atomic mass is 16.4. The molecule has 4 N–H and O–H groups in total. The van der Waals surface area contributed by atoms with Gasteiger partial charge in [-0.3, -0.25) is 9.59 Å². The molecule has 0 aliphatic heterocycles. The third-order valence-electron chi connectivity index (χ3n) is 4.57. The number of urea groups is 1. The number of amides is 3. The molecule has 0 spiro atoms. The zero-order valence-corrected chi connectivity index (χ0v) is 14.3. The van der Waals surface area contributed by atoms with E-state index < -0.39 is 11.5 Å². The molecule has 0 heterocycles. The number of aliphatic carboxylic acids is 1. The Morgan fingerprint density at radius 1 is 1.17 bits per heavy atom. The SMILES string of the molecule is CC(C)C(C)(CC(=O)O)NC(=O)CNC(=O)NC1CCCCC1. The van der Waals surface area contributed by atoms with Crippen LogP contribution in [0.15, 0.2) is 0 Å². The van der Waals surface area contributed by atoms with E-state index in [9.17, 15) is 14.4 Å². The molecule has 23 heavy (non-hydrogen) atoms. The summed E-state index contributed by atoms with van der Waals surface area (Å²) in [5.41, 5.74) is -0.843. The predicted molar refractivity (Wildman–Crippen MR) is 87.0 cm³/mol. The van der Waals surface area contributed by atoms with Crippen LogP contribution < -0.4 is 16.0 Å². The molecule has 1 atom stereocenters. The smallest absolute Gasteiger partial charge is 0.315 e. The standard InChI is InChI=1S/C16H29N3O4/c1-11(2)16(3,9-14(21)22)19-13(20)10-17-15(23)18-12-7-5-4-6-8-12/h11-12H,4-10H2,1-3H3,(H,19,20)(H,21,22)(H2,17,18,23). The van der Waals surface area contributed by atoms with E-state index in [2.05, 4.69) is 16.0 Å². The molecule has 0 aromatic carbocycles. The summed E-state index contributed by atoms with van der Waals surface area (Å²) in [5.74, 6) is -1.40. The van der Waals surface area contributed by atoms with Gasteiger partial charge in [0.15, 0.2) is 0 Å². The van der Waals surface area contributed by atoms with Gasteiger partial charge in [0.05, 0.1) is 18.5 Å². The lowest BCUT2D eigenvalue weighted by Crippen LogP contribution is -2.54. The average molecular weight is 327 g/mol. The first-order chi connectivity index (χ1) is 10.7. The maximum atomic E-state index is 12.0. The maximum absolute atomic E-state index is 12.0. The lowest BCUT2D eigenvalue weighted by molar-refractivity contribution is -0.139. The van der Waals surface area contributed by atoms with Gasteiger partial charge in [-0.15, -0.1) is 0 Å². The molecule has 1 fully saturated rings. The van der Waals surface area contributed by atoms with Crippen molar-refractivity contribution >= 4 is 17.9 Å². The van der Waals surface area contributed by atoms with E-state index >= 15 is 0 Å². The van der Waals surface area contributed by atoms with E-state index in [1.165, 1.54) is 6.42 Å². The minimum atomic E-state index is -0.968. The Hall–Kier alpha value is -1.79. The fourth-order valence-corrected chi connectivity index (χ4v) is 2.71. The quantitative estimate of drug-likeness (QED) is 0.570. The molecule has 132 valence electrons. The highest BCUT2D eigenvalue weighted by molar-refractivity contribution is 5.85. The fraction of sp³-hybridized carbons (Fsp3) is 0.812. The number of carboxylic acids is 1. The van der Waals surface area contributed by atoms with E-state index in [1.54, 1.807) is 6.92 Å². The first-order valence-electron chi connectivity index (χ1n) is 8.30. The summed E-state index contributed by atoms with van der Waals surface area (Å²) in [6, 6.07) is -0.170. The van der Waals surface area contributed by atoms with Crippen LogP contribution in [-0.4, -0.2) is 41.1 Å². The number of carbonyl (C=O) groups is 3. The second kappa shape index (κ2) is 8.74. The first-order valence-corrected chi connectivity index (χ1v) is 8.30. The summed E-state index contributed by atoms with van der Waals surface area (Å²) in [6.07, 6.45) is 5.23. The first kappa shape index (κ1) is 19.3. The van der Waals surface area contributed by atoms with Gasteiger partial charge in [0, 0.05) is 6.04 Å². The number of hydrogen-bond acceptors (Lipinski definition) is 3. The number of carboxylic acid groups (broad SMARTS) is 1. The fourth-order valence-electron chi connectivity index (χ4n) is 2.71. The van der Waals surface area contributed by atoms with Crippen LogP contribution in [0.3, 0.4) is 0 Å². The lowest BCUT2D eigenvalue weighted by Gasteiger charge is -2.33. The average Bonchev–Trinajstić information content (AvgIpc) is 2.45. The minimum absolute atomic E-state index is 0.0429. The Kier molecular flexibility index (Phi) is 7.32. The molecule has 0 radical (unpaired) electrons. The van der Waals surface area contributed by atoms with Gasteiger partial charge in [0.1, 0.15) is 0 Å². The largest absolute Gasteiger partial charge is 0.481 e. The van der Waals surface area contributed by atoms with Crippen molar-refractivity contribution in [3.05, 3.63) is 0 Å². The van der Waals surface area contributed by atoms with Gasteiger partial charge in [-0.25, -0.2) is 4.79 Å². The Morgan fingerprint density at radius 2 is 1.78 bits per heavy atom. The van der Waals surface area contributed by atoms with Crippen LogP contribution in [0.1, 0.15) is 59.3 Å². The topological polar surface area (TPSA) is 108 Å². The van der Waals surface area contributed by atoms with Crippen LogP contribution in [0.2, 0.25) is 0 Å². The Balaban J connectivity index is 2.39. The van der Waals surface area contributed by atoms with Gasteiger partial charge >= 0.3 is 12.0 Å². The van der Waals surface area contributed by atoms with Crippen molar-refractivity contribution in [2.75, 3.05) is 6.54 Å². The molecule has 0 aromatic rings. The van der Waals surface area contributed by atoms with E-state index in [0.29, 0.717) is 0 Å². The van der Waals surface area contributed by atoms with Crippen LogP contribution in [0.5, 0.6) is 0 Å². The van der Waals surface area contributed by atoms with Gasteiger partial charge in [-0.1, -0.05) is 33.1 Å². The second-order valence-corrected chi connectivity index (χ2v) is 6.85. The molecule has 1 unspecified atom stereocenters. The van der Waals surface area contributed by atoms with Crippen LogP contribution in [-0.2, 0) is 9.59 Å². The summed E-state index contributed by atoms with van der Waals surface area (Å²) < 4.78 is 0. The normalized spacial score (nSPS) is 18.1. The third kappa shape index (κ3) is 6.88. The summed E-state index contributed by atoms with van der Waals surface area (Å²) in [5, 5.41) is 17.1. The Labute approximate surface area is 137 Å². The maximum Gasteiger partial charge on any atom is 0.315 e. The molecule has 7 nitrogen and oxygen atoms in total. The molecule has 7 heteroatoms. The van der Waals surface area contributed by atoms with Crippen LogP contribution >= 0.6 is 0 Å². The second-order valence-electron chi connectivity index (χ2n) is 6.85. The van der Waals surface area contributed by atoms with Crippen LogP contribution in [0, 0.1) is 5.92 Å². The monoisotopic (exact) mass is 327 g/mol. The molecular formula is C16H29N3O4. The molecule has 1 saturated carbocycles. The van der Waals surface area contributed by atoms with Gasteiger partial charge in [0.25, 0.3) is 0 Å². The van der Waals surface area contributed by atoms with E-state index in [-0.39, 0.29) is 36.9 Å². The van der Waals surface area contributed by atoms with Gasteiger partial charge in [0.2, 0.25) is 5.91 Å². The molecule has 3 amide bonds. The summed E-state index contributed by atoms with van der Waals surface area (Å²) in [7, 11) is 0. The zero-order chi connectivity index (χ0) is 17.5. The third-order valence-corrected chi connectivity index (χ3v) is 4.57. The van der Waals surface area contributed by atoms with Crippen LogP contribution in [0.25, 0.3) is 0 Å². The molecule has 0 aromatic heterocycles. The highest BCUT2D eigenvalue weighted by Gasteiger charge is 2.32. The number of rotatable bonds is 7. The van der Waals surface area contributed by atoms with Crippen LogP contribution in [0.4, 0.5) is 4.79 Å². The predicted octanol–water partition coefficient (Wildman–Crippen LogP) is 1.62. The van der Waals surface area contributed by atoms with E-state index in [4.69, 9.17) is 5.11 Å². The van der Waals surface area contributed by atoms with E-state index in [1.807, 2.05) is 13.8 Å². The number of nitrogens with one attached hydrogen (secondary N) is 3. The summed E-state index contributed by atoms with van der Waals surface area (Å²) >= 11 is 0. The van der Waals surface area contributed by atoms with Crippen molar-refractivity contribution in [1.29, 1.82) is 0 Å². The van der Waals surface area contributed by atoms with Gasteiger partial charge < -0.3 is 21.1 Å². The van der Waals surface area contributed by atoms with Crippen molar-refractivity contribution in [3.8, 4) is 0 Å². The lowest BCUT2D eigenvalue weighted by atomic mass is 9.85. The summed E-state index contributed by atoms with van der Waals surface area (Å²) in [6.45, 7) is 5.24. The molecule has 0 bridgehead atoms. The highest BCUT2D eigenvalue weighted by Crippen LogP contribution is 2.20. The molecule has 1 aliphatic rings. The number of carbonyl (C=O) groups excluding carboxylic acids is 2. The molecule has 1 rings (SSSR count). The minimum Gasteiger partial charge on any atom is -0.481 e. The molecule has 0 saturated heterocycles. The van der Waals surface area contributed by atoms with Crippen molar-refractivity contribution in [1.82, 2.24) is 16.0 Å². The Morgan fingerprint density at radius 3 is 2.30 bits per heavy atom. The Bertz CT molecular complexity index is 433. The van der Waals surface area contributed by atoms with Crippen molar-refractivity contribution in [2.45, 2.75) is 70.9 Å². The molecule has 1 aliphatic carbocycles. The van der Waals surface area contributed by atoms with Crippen molar-refractivity contribution in [3.63, 3.8) is 0 Å². The number of hydrogen-bond donors (Lipinski definition) is 4. The van der Waals surface area contributed by atoms with Crippen molar-refractivity contribution in [2.24, 2.45) is 5.92 Å². The van der Waals surface area contributed by atoms with Gasteiger partial charge in [-0.2, -0.15) is 0 Å². The summed E-state index contributed by atoms with van der Waals surface area (Å²) in [4.78, 5) is 34.7. The molecular weight excluding hydrogens is 298 g/mol. The van der Waals surface area contributed by atoms with E-state index in [0.717, 1.165) is 25.7 Å². The zero-order valence-electron chi connectivity index (χ0n) is 14.3.